The van der Waals surface area contributed by atoms with Gasteiger partial charge in [-0.1, -0.05) is 30.3 Å². The molecule has 0 bridgehead atoms. The largest absolute Gasteiger partial charge is 0.478 e. The Bertz CT molecular complexity index is 825. The monoisotopic (exact) mass is 295 g/mol. The van der Waals surface area contributed by atoms with Gasteiger partial charge in [0.15, 0.2) is 0 Å². The highest BCUT2D eigenvalue weighted by Crippen LogP contribution is 2.22. The molecule has 5 heteroatoms. The first kappa shape index (κ1) is 14.1. The zero-order valence-corrected chi connectivity index (χ0v) is 12.5. The molecule has 0 amide bonds. The molecule has 0 aliphatic rings. The summed E-state index contributed by atoms with van der Waals surface area (Å²) in [6.45, 7) is 0.740. The topological polar surface area (TPSA) is 58.4 Å². The van der Waals surface area contributed by atoms with Crippen LogP contribution in [0, 0.1) is 0 Å². The van der Waals surface area contributed by atoms with Crippen molar-refractivity contribution in [3.05, 3.63) is 59.7 Å². The highest BCUT2D eigenvalue weighted by atomic mass is 16.4. The first-order valence-corrected chi connectivity index (χ1v) is 7.01. The van der Waals surface area contributed by atoms with Crippen LogP contribution in [0.2, 0.25) is 0 Å². The number of nitrogens with zero attached hydrogens (tertiary/aromatic N) is 3. The molecule has 0 saturated carbocycles. The Morgan fingerprint density at radius 2 is 1.95 bits per heavy atom. The van der Waals surface area contributed by atoms with Crippen molar-refractivity contribution < 1.29 is 9.90 Å². The number of carbonyl (C=O) groups is 1. The Morgan fingerprint density at radius 1 is 1.23 bits per heavy atom. The summed E-state index contributed by atoms with van der Waals surface area (Å²) < 4.78 is 1.98. The van der Waals surface area contributed by atoms with Gasteiger partial charge in [0.05, 0.1) is 16.6 Å². The van der Waals surface area contributed by atoms with E-state index in [9.17, 15) is 4.79 Å². The zero-order valence-electron chi connectivity index (χ0n) is 12.5. The Morgan fingerprint density at radius 3 is 2.64 bits per heavy atom. The molecule has 3 rings (SSSR count). The maximum absolute atomic E-state index is 11.1. The summed E-state index contributed by atoms with van der Waals surface area (Å²) in [4.78, 5) is 17.7. The first-order valence-electron chi connectivity index (χ1n) is 7.01. The summed E-state index contributed by atoms with van der Waals surface area (Å²) in [5.74, 6) is -0.131. The van der Waals surface area contributed by atoms with E-state index in [2.05, 4.69) is 22.0 Å². The van der Waals surface area contributed by atoms with E-state index < -0.39 is 5.97 Å². The van der Waals surface area contributed by atoms with Gasteiger partial charge in [-0.25, -0.2) is 9.78 Å². The number of carboxylic acids is 1. The number of aromatic nitrogens is 2. The van der Waals surface area contributed by atoms with Crippen LogP contribution >= 0.6 is 0 Å². The van der Waals surface area contributed by atoms with Gasteiger partial charge in [0, 0.05) is 20.6 Å². The van der Waals surface area contributed by atoms with Crippen LogP contribution in [-0.2, 0) is 13.6 Å². The molecule has 1 heterocycles. The van der Waals surface area contributed by atoms with E-state index in [4.69, 9.17) is 5.11 Å². The molecule has 1 N–H and O–H groups in total. The zero-order chi connectivity index (χ0) is 15.7. The molecule has 0 unspecified atom stereocenters. The van der Waals surface area contributed by atoms with Gasteiger partial charge in [-0.15, -0.1) is 0 Å². The number of aromatic carboxylic acids is 1. The molecular formula is C17H17N3O2. The second-order valence-corrected chi connectivity index (χ2v) is 5.32. The van der Waals surface area contributed by atoms with Crippen LogP contribution in [0.25, 0.3) is 11.0 Å². The van der Waals surface area contributed by atoms with E-state index in [1.807, 2.05) is 36.9 Å². The fourth-order valence-electron chi connectivity index (χ4n) is 2.59. The highest BCUT2D eigenvalue weighted by Gasteiger charge is 2.14. The number of anilines is 1. The number of hydrogen-bond acceptors (Lipinski definition) is 3. The predicted molar refractivity (Wildman–Crippen MR) is 86.2 cm³/mol. The molecule has 0 aliphatic heterocycles. The van der Waals surface area contributed by atoms with Crippen LogP contribution in [0.15, 0.2) is 48.5 Å². The molecule has 3 aromatic rings. The van der Waals surface area contributed by atoms with Crippen molar-refractivity contribution in [2.24, 2.45) is 7.05 Å². The first-order chi connectivity index (χ1) is 10.6. The third-order valence-electron chi connectivity index (χ3n) is 3.71. The lowest BCUT2D eigenvalue weighted by Crippen LogP contribution is -2.19. The molecule has 0 spiro atoms. The third kappa shape index (κ3) is 2.53. The average molecular weight is 295 g/mol. The molecule has 0 atom stereocenters. The van der Waals surface area contributed by atoms with Crippen molar-refractivity contribution in [1.29, 1.82) is 0 Å². The Labute approximate surface area is 128 Å². The molecule has 2 aromatic carbocycles. The standard InChI is InChI=1S/C17H17N3O2/c1-19(11-12-6-4-3-5-7-12)17-18-14-10-13(16(21)22)8-9-15(14)20(17)2/h3-10H,11H2,1-2H3,(H,21,22). The molecule has 112 valence electrons. The summed E-state index contributed by atoms with van der Waals surface area (Å²) >= 11 is 0. The van der Waals surface area contributed by atoms with Gasteiger partial charge in [0.2, 0.25) is 5.95 Å². The lowest BCUT2D eigenvalue weighted by Gasteiger charge is -2.18. The Kier molecular flexibility index (Phi) is 3.55. The third-order valence-corrected chi connectivity index (χ3v) is 3.71. The molecule has 22 heavy (non-hydrogen) atoms. The molecule has 0 fully saturated rings. The molecule has 5 nitrogen and oxygen atoms in total. The van der Waals surface area contributed by atoms with Crippen LogP contribution < -0.4 is 4.90 Å². The lowest BCUT2D eigenvalue weighted by atomic mass is 10.2. The summed E-state index contributed by atoms with van der Waals surface area (Å²) in [5.41, 5.74) is 3.06. The molecule has 0 radical (unpaired) electrons. The van der Waals surface area contributed by atoms with Gasteiger partial charge in [0.1, 0.15) is 0 Å². The number of aryl methyl sites for hydroxylation is 1. The van der Waals surface area contributed by atoms with Crippen molar-refractivity contribution in [2.45, 2.75) is 6.54 Å². The second kappa shape index (κ2) is 5.52. The number of benzene rings is 2. The number of fused-ring (bicyclic) bond motifs is 1. The van der Waals surface area contributed by atoms with Gasteiger partial charge in [-0.2, -0.15) is 0 Å². The number of carboxylic acid groups (broad SMARTS) is 1. The normalized spacial score (nSPS) is 10.8. The molecule has 0 saturated heterocycles. The maximum Gasteiger partial charge on any atom is 0.335 e. The SMILES string of the molecule is CN(Cc1ccccc1)c1nc2cc(C(=O)O)ccc2n1C. The molecule has 1 aromatic heterocycles. The number of imidazole rings is 1. The number of rotatable bonds is 4. The maximum atomic E-state index is 11.1. The molecular weight excluding hydrogens is 278 g/mol. The minimum absolute atomic E-state index is 0.253. The van der Waals surface area contributed by atoms with Gasteiger partial charge in [-0.05, 0) is 23.8 Å². The lowest BCUT2D eigenvalue weighted by molar-refractivity contribution is 0.0697. The van der Waals surface area contributed by atoms with E-state index in [0.717, 1.165) is 18.0 Å². The quantitative estimate of drug-likeness (QED) is 0.804. The van der Waals surface area contributed by atoms with Gasteiger partial charge < -0.3 is 14.6 Å². The minimum atomic E-state index is -0.938. The minimum Gasteiger partial charge on any atom is -0.478 e. The molecule has 0 aliphatic carbocycles. The van der Waals surface area contributed by atoms with Crippen LogP contribution in [0.5, 0.6) is 0 Å². The fraction of sp³-hybridized carbons (Fsp3) is 0.176. The van der Waals surface area contributed by atoms with Crippen LogP contribution in [0.4, 0.5) is 5.95 Å². The van der Waals surface area contributed by atoms with Crippen molar-refractivity contribution in [3.63, 3.8) is 0 Å². The van der Waals surface area contributed by atoms with Crippen LogP contribution in [-0.4, -0.2) is 27.7 Å². The van der Waals surface area contributed by atoms with Crippen LogP contribution in [0.1, 0.15) is 15.9 Å². The summed E-state index contributed by atoms with van der Waals surface area (Å²) in [5, 5.41) is 9.08. The Balaban J connectivity index is 1.96. The van der Waals surface area contributed by atoms with E-state index >= 15 is 0 Å². The second-order valence-electron chi connectivity index (χ2n) is 5.32. The van der Waals surface area contributed by atoms with Gasteiger partial charge in [0.25, 0.3) is 0 Å². The van der Waals surface area contributed by atoms with E-state index in [0.29, 0.717) is 5.52 Å². The summed E-state index contributed by atoms with van der Waals surface area (Å²) in [6, 6.07) is 15.2. The smallest absolute Gasteiger partial charge is 0.335 e. The van der Waals surface area contributed by atoms with Crippen molar-refractivity contribution >= 4 is 23.0 Å². The summed E-state index contributed by atoms with van der Waals surface area (Å²) in [7, 11) is 3.92. The van der Waals surface area contributed by atoms with E-state index in [1.165, 1.54) is 5.56 Å². The van der Waals surface area contributed by atoms with Crippen molar-refractivity contribution in [1.82, 2.24) is 9.55 Å². The predicted octanol–water partition coefficient (Wildman–Crippen LogP) is 2.91. The van der Waals surface area contributed by atoms with E-state index in [1.54, 1.807) is 18.2 Å². The Hall–Kier alpha value is -2.82. The van der Waals surface area contributed by atoms with Crippen molar-refractivity contribution in [3.8, 4) is 0 Å². The van der Waals surface area contributed by atoms with Gasteiger partial charge >= 0.3 is 5.97 Å². The highest BCUT2D eigenvalue weighted by molar-refractivity contribution is 5.93. The average Bonchev–Trinajstić information content (AvgIpc) is 2.85. The number of hydrogen-bond donors (Lipinski definition) is 1. The van der Waals surface area contributed by atoms with Gasteiger partial charge in [-0.3, -0.25) is 0 Å². The van der Waals surface area contributed by atoms with Crippen molar-refractivity contribution in [2.75, 3.05) is 11.9 Å². The van der Waals surface area contributed by atoms with E-state index in [-0.39, 0.29) is 5.56 Å². The summed E-state index contributed by atoms with van der Waals surface area (Å²) in [6.07, 6.45) is 0. The fourth-order valence-corrected chi connectivity index (χ4v) is 2.59. The van der Waals surface area contributed by atoms with Crippen LogP contribution in [0.3, 0.4) is 0 Å².